The third-order valence-corrected chi connectivity index (χ3v) is 4.40. The number of benzene rings is 1. The van der Waals surface area contributed by atoms with Crippen LogP contribution in [0.1, 0.15) is 13.8 Å². The normalized spacial score (nSPS) is 12.0. The second-order valence-electron chi connectivity index (χ2n) is 4.11. The quantitative estimate of drug-likeness (QED) is 0.735. The van der Waals surface area contributed by atoms with Gasteiger partial charge in [-0.3, -0.25) is 0 Å². The zero-order valence-electron chi connectivity index (χ0n) is 11.2. The number of halogens is 1. The highest BCUT2D eigenvalue weighted by Crippen LogP contribution is 2.18. The van der Waals surface area contributed by atoms with Gasteiger partial charge in [-0.1, -0.05) is 13.8 Å². The van der Waals surface area contributed by atoms with Crippen molar-refractivity contribution >= 4 is 15.7 Å². The molecule has 0 saturated carbocycles. The van der Waals surface area contributed by atoms with E-state index in [-0.39, 0.29) is 17.1 Å². The zero-order chi connectivity index (χ0) is 14.5. The molecule has 0 aliphatic rings. The average Bonchev–Trinajstić information content (AvgIpc) is 2.37. The maximum Gasteiger partial charge on any atom is 0.242 e. The minimum absolute atomic E-state index is 0.0386. The first-order valence-corrected chi connectivity index (χ1v) is 7.66. The Morgan fingerprint density at radius 1 is 1.32 bits per heavy atom. The second-order valence-corrected chi connectivity index (χ2v) is 5.84. The second kappa shape index (κ2) is 6.83. The van der Waals surface area contributed by atoms with Crippen molar-refractivity contribution in [2.75, 3.05) is 31.9 Å². The molecule has 1 aromatic rings. The Kier molecular flexibility index (Phi) is 5.71. The number of nitrogens with one attached hydrogen (secondary N) is 1. The molecule has 0 amide bonds. The number of sulfonamides is 1. The highest BCUT2D eigenvalue weighted by atomic mass is 32.2. The van der Waals surface area contributed by atoms with Crippen molar-refractivity contribution in [3.05, 3.63) is 24.0 Å². The molecule has 108 valence electrons. The zero-order valence-corrected chi connectivity index (χ0v) is 12.0. The lowest BCUT2D eigenvalue weighted by atomic mass is 10.3. The number of hydrogen-bond donors (Lipinski definition) is 2. The molecule has 0 heterocycles. The van der Waals surface area contributed by atoms with E-state index in [4.69, 9.17) is 5.73 Å². The van der Waals surface area contributed by atoms with E-state index in [2.05, 4.69) is 9.62 Å². The maximum atomic E-state index is 13.1. The standard InChI is InChI=1S/C12H20FN3O2S/c1-3-16(4-2)8-7-15-19(17,18)12-9-10(13)5-6-11(12)14/h5-6,9,15H,3-4,7-8,14H2,1-2H3. The van der Waals surface area contributed by atoms with Crippen molar-refractivity contribution in [3.8, 4) is 0 Å². The Morgan fingerprint density at radius 3 is 2.53 bits per heavy atom. The van der Waals surface area contributed by atoms with Gasteiger partial charge in [0, 0.05) is 13.1 Å². The summed E-state index contributed by atoms with van der Waals surface area (Å²) in [6, 6.07) is 3.30. The number of nitrogen functional groups attached to an aromatic ring is 1. The van der Waals surface area contributed by atoms with Crippen molar-refractivity contribution in [3.63, 3.8) is 0 Å². The predicted molar refractivity (Wildman–Crippen MR) is 73.8 cm³/mol. The molecule has 5 nitrogen and oxygen atoms in total. The molecule has 7 heteroatoms. The number of rotatable bonds is 7. The Morgan fingerprint density at radius 2 is 1.95 bits per heavy atom. The number of likely N-dealkylation sites (N-methyl/N-ethyl adjacent to an activating group) is 1. The van der Waals surface area contributed by atoms with Crippen molar-refractivity contribution in [2.45, 2.75) is 18.7 Å². The van der Waals surface area contributed by atoms with Crippen LogP contribution < -0.4 is 10.5 Å². The van der Waals surface area contributed by atoms with E-state index in [1.807, 2.05) is 13.8 Å². The lowest BCUT2D eigenvalue weighted by Gasteiger charge is -2.18. The van der Waals surface area contributed by atoms with Gasteiger partial charge in [0.05, 0.1) is 5.69 Å². The molecule has 1 rings (SSSR count). The Labute approximate surface area is 113 Å². The van der Waals surface area contributed by atoms with Crippen LogP contribution in [0.15, 0.2) is 23.1 Å². The first kappa shape index (κ1) is 15.9. The van der Waals surface area contributed by atoms with Crippen LogP contribution in [0.3, 0.4) is 0 Å². The van der Waals surface area contributed by atoms with Crippen LogP contribution in [-0.4, -0.2) is 39.5 Å². The number of nitrogens with two attached hydrogens (primary N) is 1. The van der Waals surface area contributed by atoms with Gasteiger partial charge < -0.3 is 10.6 Å². The number of nitrogens with zero attached hydrogens (tertiary/aromatic N) is 1. The monoisotopic (exact) mass is 289 g/mol. The molecule has 0 bridgehead atoms. The lowest BCUT2D eigenvalue weighted by molar-refractivity contribution is 0.309. The fourth-order valence-corrected chi connectivity index (χ4v) is 2.86. The van der Waals surface area contributed by atoms with Crippen molar-refractivity contribution < 1.29 is 12.8 Å². The van der Waals surface area contributed by atoms with E-state index >= 15 is 0 Å². The molecule has 0 aromatic heterocycles. The summed E-state index contributed by atoms with van der Waals surface area (Å²) in [5.74, 6) is -0.627. The molecular formula is C12H20FN3O2S. The SMILES string of the molecule is CCN(CC)CCNS(=O)(=O)c1cc(F)ccc1N. The molecule has 0 aliphatic heterocycles. The van der Waals surface area contributed by atoms with Crippen LogP contribution in [0, 0.1) is 5.82 Å². The summed E-state index contributed by atoms with van der Waals surface area (Å²) in [6.45, 7) is 6.56. The lowest BCUT2D eigenvalue weighted by Crippen LogP contribution is -2.35. The van der Waals surface area contributed by atoms with E-state index in [1.165, 1.54) is 6.07 Å². The van der Waals surface area contributed by atoms with Gasteiger partial charge in [0.15, 0.2) is 0 Å². The topological polar surface area (TPSA) is 75.4 Å². The first-order valence-electron chi connectivity index (χ1n) is 6.17. The van der Waals surface area contributed by atoms with Crippen LogP contribution >= 0.6 is 0 Å². The molecule has 1 aromatic carbocycles. The van der Waals surface area contributed by atoms with E-state index in [0.29, 0.717) is 6.54 Å². The van der Waals surface area contributed by atoms with Crippen LogP contribution in [0.25, 0.3) is 0 Å². The van der Waals surface area contributed by atoms with Gasteiger partial charge in [0.2, 0.25) is 10.0 Å². The van der Waals surface area contributed by atoms with Gasteiger partial charge in [-0.15, -0.1) is 0 Å². The summed E-state index contributed by atoms with van der Waals surface area (Å²) in [5.41, 5.74) is 5.60. The smallest absolute Gasteiger partial charge is 0.242 e. The van der Waals surface area contributed by atoms with E-state index in [1.54, 1.807) is 0 Å². The molecule has 3 N–H and O–H groups in total. The summed E-state index contributed by atoms with van der Waals surface area (Å²) in [6.07, 6.45) is 0. The average molecular weight is 289 g/mol. The van der Waals surface area contributed by atoms with Crippen molar-refractivity contribution in [2.24, 2.45) is 0 Å². The summed E-state index contributed by atoms with van der Waals surface area (Å²) in [7, 11) is -3.77. The van der Waals surface area contributed by atoms with Crippen LogP contribution in [0.5, 0.6) is 0 Å². The molecule has 0 aliphatic carbocycles. The Balaban J connectivity index is 2.73. The van der Waals surface area contributed by atoms with Gasteiger partial charge in [0.25, 0.3) is 0 Å². The van der Waals surface area contributed by atoms with Crippen LogP contribution in [-0.2, 0) is 10.0 Å². The summed E-state index contributed by atoms with van der Waals surface area (Å²) >= 11 is 0. The van der Waals surface area contributed by atoms with E-state index < -0.39 is 15.8 Å². The van der Waals surface area contributed by atoms with E-state index in [0.717, 1.165) is 25.2 Å². The van der Waals surface area contributed by atoms with Crippen LogP contribution in [0.4, 0.5) is 10.1 Å². The summed E-state index contributed by atoms with van der Waals surface area (Å²) in [5, 5.41) is 0. The Bertz CT molecular complexity index is 516. The minimum atomic E-state index is -3.77. The largest absolute Gasteiger partial charge is 0.398 e. The molecule has 0 atom stereocenters. The van der Waals surface area contributed by atoms with Gasteiger partial charge in [0.1, 0.15) is 10.7 Å². The molecule has 0 fully saturated rings. The molecule has 0 saturated heterocycles. The van der Waals surface area contributed by atoms with Crippen molar-refractivity contribution in [1.82, 2.24) is 9.62 Å². The van der Waals surface area contributed by atoms with Gasteiger partial charge in [-0.05, 0) is 31.3 Å². The highest BCUT2D eigenvalue weighted by molar-refractivity contribution is 7.89. The van der Waals surface area contributed by atoms with E-state index in [9.17, 15) is 12.8 Å². The summed E-state index contributed by atoms with van der Waals surface area (Å²) in [4.78, 5) is 1.87. The molecular weight excluding hydrogens is 269 g/mol. The summed E-state index contributed by atoms with van der Waals surface area (Å²) < 4.78 is 39.5. The molecule has 0 radical (unpaired) electrons. The maximum absolute atomic E-state index is 13.1. The molecule has 0 unspecified atom stereocenters. The number of hydrogen-bond acceptors (Lipinski definition) is 4. The van der Waals surface area contributed by atoms with Gasteiger partial charge in [-0.2, -0.15) is 0 Å². The first-order chi connectivity index (χ1) is 8.90. The molecule has 19 heavy (non-hydrogen) atoms. The third-order valence-electron chi connectivity index (χ3n) is 2.88. The molecule has 0 spiro atoms. The van der Waals surface area contributed by atoms with Gasteiger partial charge >= 0.3 is 0 Å². The third kappa shape index (κ3) is 4.45. The predicted octanol–water partition coefficient (Wildman–Crippen LogP) is 1.03. The highest BCUT2D eigenvalue weighted by Gasteiger charge is 2.17. The van der Waals surface area contributed by atoms with Gasteiger partial charge in [-0.25, -0.2) is 17.5 Å². The van der Waals surface area contributed by atoms with Crippen LogP contribution in [0.2, 0.25) is 0 Å². The fourth-order valence-electron chi connectivity index (χ4n) is 1.70. The van der Waals surface area contributed by atoms with Crippen molar-refractivity contribution in [1.29, 1.82) is 0 Å². The minimum Gasteiger partial charge on any atom is -0.398 e. The fraction of sp³-hybridized carbons (Fsp3) is 0.500. The number of anilines is 1. The Hall–Kier alpha value is -1.18.